The maximum Gasteiger partial charge on any atom is 0.245 e. The van der Waals surface area contributed by atoms with Gasteiger partial charge in [0.15, 0.2) is 0 Å². The monoisotopic (exact) mass is 305 g/mol. The number of sulfonamides is 1. The van der Waals surface area contributed by atoms with Gasteiger partial charge in [0.25, 0.3) is 0 Å². The Morgan fingerprint density at radius 1 is 1.19 bits per heavy atom. The highest BCUT2D eigenvalue weighted by molar-refractivity contribution is 7.89. The average molecular weight is 305 g/mol. The SMILES string of the molecule is N#Cc1ccc(S(=O)(=O)N(CC2CC2)CC2CC2)c(N)c1. The second kappa shape index (κ2) is 5.32. The minimum absolute atomic E-state index is 0.128. The fraction of sp³-hybridized carbons (Fsp3) is 0.533. The van der Waals surface area contributed by atoms with Gasteiger partial charge in [0.2, 0.25) is 10.0 Å². The standard InChI is InChI=1S/C15H19N3O2S/c16-8-13-5-6-15(14(17)7-13)21(19,20)18(9-11-1-2-11)10-12-3-4-12/h5-7,11-12H,1-4,9-10,17H2. The van der Waals surface area contributed by atoms with Gasteiger partial charge in [-0.25, -0.2) is 8.42 Å². The maximum absolute atomic E-state index is 12.8. The molecule has 2 aliphatic carbocycles. The van der Waals surface area contributed by atoms with Crippen molar-refractivity contribution in [2.45, 2.75) is 30.6 Å². The number of nitrogen functional groups attached to an aromatic ring is 1. The van der Waals surface area contributed by atoms with E-state index in [2.05, 4.69) is 0 Å². The third kappa shape index (κ3) is 3.20. The van der Waals surface area contributed by atoms with Gasteiger partial charge in [-0.3, -0.25) is 0 Å². The molecule has 21 heavy (non-hydrogen) atoms. The van der Waals surface area contributed by atoms with Gasteiger partial charge in [-0.15, -0.1) is 0 Å². The van der Waals surface area contributed by atoms with E-state index in [1.165, 1.54) is 18.2 Å². The van der Waals surface area contributed by atoms with Crippen LogP contribution < -0.4 is 5.73 Å². The summed E-state index contributed by atoms with van der Waals surface area (Å²) in [6.07, 6.45) is 4.44. The smallest absolute Gasteiger partial charge is 0.245 e. The van der Waals surface area contributed by atoms with Crippen molar-refractivity contribution in [2.75, 3.05) is 18.8 Å². The molecule has 0 atom stereocenters. The summed E-state index contributed by atoms with van der Waals surface area (Å²) < 4.78 is 27.3. The number of hydrogen-bond donors (Lipinski definition) is 1. The number of nitrogens with two attached hydrogens (primary N) is 1. The predicted molar refractivity (Wildman–Crippen MR) is 79.8 cm³/mol. The second-order valence-electron chi connectivity index (χ2n) is 6.07. The zero-order chi connectivity index (χ0) is 15.0. The maximum atomic E-state index is 12.8. The predicted octanol–water partition coefficient (Wildman–Crippen LogP) is 1.95. The van der Waals surface area contributed by atoms with Crippen LogP contribution in [0.25, 0.3) is 0 Å². The Balaban J connectivity index is 1.90. The Morgan fingerprint density at radius 2 is 1.76 bits per heavy atom. The molecule has 0 amide bonds. The molecule has 1 aromatic carbocycles. The molecular weight excluding hydrogens is 286 g/mol. The van der Waals surface area contributed by atoms with Crippen molar-refractivity contribution in [3.05, 3.63) is 23.8 Å². The Labute approximate surface area is 125 Å². The largest absolute Gasteiger partial charge is 0.398 e. The summed E-state index contributed by atoms with van der Waals surface area (Å²) in [5, 5.41) is 8.85. The van der Waals surface area contributed by atoms with Crippen LogP contribution in [0.4, 0.5) is 5.69 Å². The van der Waals surface area contributed by atoms with Crippen LogP contribution in [-0.4, -0.2) is 25.8 Å². The molecule has 2 aliphatic rings. The molecule has 2 fully saturated rings. The van der Waals surface area contributed by atoms with Gasteiger partial charge in [0, 0.05) is 13.1 Å². The van der Waals surface area contributed by atoms with E-state index in [-0.39, 0.29) is 10.6 Å². The first-order chi connectivity index (χ1) is 10.0. The van der Waals surface area contributed by atoms with Crippen LogP contribution in [0.15, 0.2) is 23.1 Å². The average Bonchev–Trinajstić information content (AvgIpc) is 3.32. The summed E-state index contributed by atoms with van der Waals surface area (Å²) in [5.74, 6) is 0.997. The van der Waals surface area contributed by atoms with E-state index in [4.69, 9.17) is 11.0 Å². The molecule has 6 heteroatoms. The summed E-state index contributed by atoms with van der Waals surface area (Å²) in [5.41, 5.74) is 6.39. The normalized spacial score (nSPS) is 18.7. The molecule has 0 aliphatic heterocycles. The first kappa shape index (κ1) is 14.4. The highest BCUT2D eigenvalue weighted by Crippen LogP contribution is 2.36. The summed E-state index contributed by atoms with van der Waals surface area (Å²) >= 11 is 0. The molecular formula is C15H19N3O2S. The van der Waals surface area contributed by atoms with Crippen molar-refractivity contribution in [3.8, 4) is 6.07 Å². The Bertz CT molecular complexity index is 671. The van der Waals surface area contributed by atoms with Crippen LogP contribution >= 0.6 is 0 Å². The molecule has 0 unspecified atom stereocenters. The lowest BCUT2D eigenvalue weighted by Gasteiger charge is -2.23. The first-order valence-corrected chi connectivity index (χ1v) is 8.74. The van der Waals surface area contributed by atoms with Crippen LogP contribution in [0.5, 0.6) is 0 Å². The Morgan fingerprint density at radius 3 is 2.19 bits per heavy atom. The zero-order valence-corrected chi connectivity index (χ0v) is 12.6. The minimum Gasteiger partial charge on any atom is -0.398 e. The zero-order valence-electron chi connectivity index (χ0n) is 11.8. The van der Waals surface area contributed by atoms with Crippen LogP contribution in [-0.2, 0) is 10.0 Å². The van der Waals surface area contributed by atoms with Gasteiger partial charge < -0.3 is 5.73 Å². The lowest BCUT2D eigenvalue weighted by atomic mass is 10.2. The quantitative estimate of drug-likeness (QED) is 0.814. The van der Waals surface area contributed by atoms with Crippen molar-refractivity contribution >= 4 is 15.7 Å². The third-order valence-electron chi connectivity index (χ3n) is 4.07. The molecule has 2 N–H and O–H groups in total. The molecule has 0 saturated heterocycles. The van der Waals surface area contributed by atoms with Gasteiger partial charge >= 0.3 is 0 Å². The number of benzene rings is 1. The molecule has 1 aromatic rings. The van der Waals surface area contributed by atoms with Crippen LogP contribution in [0, 0.1) is 23.2 Å². The van der Waals surface area contributed by atoms with Gasteiger partial charge in [-0.05, 0) is 55.7 Å². The van der Waals surface area contributed by atoms with E-state index >= 15 is 0 Å². The van der Waals surface area contributed by atoms with E-state index in [9.17, 15) is 8.42 Å². The van der Waals surface area contributed by atoms with E-state index in [1.54, 1.807) is 4.31 Å². The molecule has 0 spiro atoms. The Hall–Kier alpha value is -1.58. The molecule has 5 nitrogen and oxygen atoms in total. The minimum atomic E-state index is -3.57. The molecule has 0 bridgehead atoms. The van der Waals surface area contributed by atoms with Crippen molar-refractivity contribution in [1.82, 2.24) is 4.31 Å². The number of nitriles is 1. The van der Waals surface area contributed by atoms with E-state index in [1.807, 2.05) is 6.07 Å². The molecule has 0 aromatic heterocycles. The van der Waals surface area contributed by atoms with Crippen molar-refractivity contribution in [1.29, 1.82) is 5.26 Å². The fourth-order valence-corrected chi connectivity index (χ4v) is 4.13. The summed E-state index contributed by atoms with van der Waals surface area (Å²) in [7, 11) is -3.57. The summed E-state index contributed by atoms with van der Waals surface area (Å²) in [6, 6.07) is 6.37. The molecule has 2 saturated carbocycles. The van der Waals surface area contributed by atoms with Crippen molar-refractivity contribution < 1.29 is 8.42 Å². The topological polar surface area (TPSA) is 87.2 Å². The lowest BCUT2D eigenvalue weighted by molar-refractivity contribution is 0.382. The van der Waals surface area contributed by atoms with E-state index < -0.39 is 10.0 Å². The summed E-state index contributed by atoms with van der Waals surface area (Å²) in [6.45, 7) is 1.19. The highest BCUT2D eigenvalue weighted by Gasteiger charge is 2.36. The van der Waals surface area contributed by atoms with Crippen molar-refractivity contribution in [2.24, 2.45) is 11.8 Å². The van der Waals surface area contributed by atoms with Gasteiger partial charge in [-0.1, -0.05) is 0 Å². The number of hydrogen-bond acceptors (Lipinski definition) is 4. The molecule has 0 radical (unpaired) electrons. The third-order valence-corrected chi connectivity index (χ3v) is 5.98. The van der Waals surface area contributed by atoms with Gasteiger partial charge in [-0.2, -0.15) is 9.57 Å². The molecule has 112 valence electrons. The van der Waals surface area contributed by atoms with E-state index in [0.717, 1.165) is 25.7 Å². The fourth-order valence-electron chi connectivity index (χ4n) is 2.44. The lowest BCUT2D eigenvalue weighted by Crippen LogP contribution is -2.35. The number of anilines is 1. The van der Waals surface area contributed by atoms with Crippen LogP contribution in [0.2, 0.25) is 0 Å². The van der Waals surface area contributed by atoms with Gasteiger partial charge in [0.05, 0.1) is 17.3 Å². The molecule has 0 heterocycles. The van der Waals surface area contributed by atoms with Crippen LogP contribution in [0.3, 0.4) is 0 Å². The second-order valence-corrected chi connectivity index (χ2v) is 7.98. The first-order valence-electron chi connectivity index (χ1n) is 7.30. The van der Waals surface area contributed by atoms with Crippen LogP contribution in [0.1, 0.15) is 31.2 Å². The highest BCUT2D eigenvalue weighted by atomic mass is 32.2. The number of nitrogens with zero attached hydrogens (tertiary/aromatic N) is 2. The number of rotatable bonds is 6. The summed E-state index contributed by atoms with van der Waals surface area (Å²) in [4.78, 5) is 0.128. The van der Waals surface area contributed by atoms with E-state index in [0.29, 0.717) is 30.5 Å². The van der Waals surface area contributed by atoms with Gasteiger partial charge in [0.1, 0.15) is 4.90 Å². The molecule has 3 rings (SSSR count). The van der Waals surface area contributed by atoms with Crippen molar-refractivity contribution in [3.63, 3.8) is 0 Å². The Kier molecular flexibility index (Phi) is 3.64.